The molecule has 0 aliphatic heterocycles. The number of urea groups is 1. The van der Waals surface area contributed by atoms with E-state index in [2.05, 4.69) is 15.5 Å². The number of nitrogens with one attached hydrogen (secondary N) is 1. The highest BCUT2D eigenvalue weighted by molar-refractivity contribution is 7.15. The number of nitrogens with zero attached hydrogens (tertiary/aromatic N) is 3. The lowest BCUT2D eigenvalue weighted by molar-refractivity contribution is -0.0886. The van der Waals surface area contributed by atoms with Gasteiger partial charge in [0.1, 0.15) is 0 Å². The van der Waals surface area contributed by atoms with Crippen LogP contribution in [0.1, 0.15) is 17.0 Å². The van der Waals surface area contributed by atoms with Gasteiger partial charge in [-0.3, -0.25) is 10.2 Å². The number of alkyl halides is 2. The van der Waals surface area contributed by atoms with E-state index >= 15 is 0 Å². The summed E-state index contributed by atoms with van der Waals surface area (Å²) in [5, 5.41) is 9.72. The van der Waals surface area contributed by atoms with Crippen LogP contribution in [0.5, 0.6) is 0 Å². The van der Waals surface area contributed by atoms with E-state index in [9.17, 15) is 13.6 Å². The molecule has 0 aliphatic carbocycles. The Morgan fingerprint density at radius 1 is 1.38 bits per heavy atom. The first-order valence-corrected chi connectivity index (χ1v) is 6.70. The highest BCUT2D eigenvalue weighted by atomic mass is 32.1. The summed E-state index contributed by atoms with van der Waals surface area (Å²) in [7, 11) is 1.34. The van der Waals surface area contributed by atoms with Gasteiger partial charge in [0.05, 0.1) is 13.7 Å². The predicted molar refractivity (Wildman–Crippen MR) is 72.9 cm³/mol. The second kappa shape index (κ2) is 7.04. The van der Waals surface area contributed by atoms with Crippen molar-refractivity contribution in [1.82, 2.24) is 15.3 Å². The molecule has 2 rings (SSSR count). The second-order valence-corrected chi connectivity index (χ2v) is 4.89. The first-order valence-electron chi connectivity index (χ1n) is 5.88. The van der Waals surface area contributed by atoms with Crippen molar-refractivity contribution < 1.29 is 18.4 Å². The third-order valence-corrected chi connectivity index (χ3v) is 3.30. The molecular formula is C12H12F2N4O2S. The van der Waals surface area contributed by atoms with Gasteiger partial charge in [0.15, 0.2) is 5.01 Å². The van der Waals surface area contributed by atoms with Gasteiger partial charge in [-0.1, -0.05) is 41.7 Å². The van der Waals surface area contributed by atoms with Crippen molar-refractivity contribution >= 4 is 22.5 Å². The van der Waals surface area contributed by atoms with Crippen LogP contribution in [0.3, 0.4) is 0 Å². The molecule has 9 heteroatoms. The number of amides is 2. The van der Waals surface area contributed by atoms with E-state index in [1.54, 1.807) is 0 Å². The van der Waals surface area contributed by atoms with Crippen LogP contribution in [0.25, 0.3) is 0 Å². The Labute approximate surface area is 123 Å². The Kier molecular flexibility index (Phi) is 5.12. The largest absolute Gasteiger partial charge is 0.347 e. The summed E-state index contributed by atoms with van der Waals surface area (Å²) in [6.07, 6.45) is -2.71. The number of aromatic nitrogens is 2. The predicted octanol–water partition coefficient (Wildman–Crippen LogP) is 3.07. The first kappa shape index (κ1) is 15.3. The van der Waals surface area contributed by atoms with Crippen LogP contribution in [-0.2, 0) is 11.4 Å². The fourth-order valence-electron chi connectivity index (χ4n) is 1.50. The van der Waals surface area contributed by atoms with E-state index in [0.717, 1.165) is 10.6 Å². The second-order valence-electron chi connectivity index (χ2n) is 3.88. The standard InChI is InChI=1S/C12H12F2N4O2S/c1-20-18(7-8-5-3-2-4-6-8)12(19)15-11-17-16-10(21-11)9(13)14/h2-6,9H,7H2,1H3,(H,15,17,19). The van der Waals surface area contributed by atoms with Gasteiger partial charge in [-0.2, -0.15) is 5.06 Å². The van der Waals surface area contributed by atoms with Crippen LogP contribution in [0.4, 0.5) is 18.7 Å². The molecule has 2 aromatic rings. The number of halogens is 2. The van der Waals surface area contributed by atoms with Crippen molar-refractivity contribution in [3.05, 3.63) is 40.9 Å². The van der Waals surface area contributed by atoms with E-state index in [1.165, 1.54) is 7.11 Å². The number of hydroxylamine groups is 2. The Morgan fingerprint density at radius 2 is 2.10 bits per heavy atom. The van der Waals surface area contributed by atoms with Crippen LogP contribution < -0.4 is 5.32 Å². The zero-order valence-electron chi connectivity index (χ0n) is 11.0. The summed E-state index contributed by atoms with van der Waals surface area (Å²) < 4.78 is 24.8. The third-order valence-electron chi connectivity index (χ3n) is 2.46. The Balaban J connectivity index is 1.99. The molecule has 2 amide bonds. The van der Waals surface area contributed by atoms with Gasteiger partial charge >= 0.3 is 6.03 Å². The Bertz CT molecular complexity index is 594. The van der Waals surface area contributed by atoms with E-state index in [0.29, 0.717) is 11.3 Å². The normalized spacial score (nSPS) is 10.7. The molecule has 0 atom stereocenters. The molecule has 1 aromatic heterocycles. The fourth-order valence-corrected chi connectivity index (χ4v) is 2.08. The molecule has 1 heterocycles. The monoisotopic (exact) mass is 314 g/mol. The van der Waals surface area contributed by atoms with E-state index < -0.39 is 17.5 Å². The summed E-state index contributed by atoms with van der Waals surface area (Å²) in [6.45, 7) is 0.212. The average Bonchev–Trinajstić information content (AvgIpc) is 2.94. The number of rotatable bonds is 5. The summed E-state index contributed by atoms with van der Waals surface area (Å²) in [6, 6.07) is 8.58. The highest BCUT2D eigenvalue weighted by Crippen LogP contribution is 2.25. The quantitative estimate of drug-likeness (QED) is 0.861. The van der Waals surface area contributed by atoms with Crippen molar-refractivity contribution in [2.24, 2.45) is 0 Å². The van der Waals surface area contributed by atoms with Crippen molar-refractivity contribution in [1.29, 1.82) is 0 Å². The van der Waals surface area contributed by atoms with Crippen LogP contribution in [0.15, 0.2) is 30.3 Å². The van der Waals surface area contributed by atoms with Gasteiger partial charge in [0, 0.05) is 0 Å². The molecule has 0 radical (unpaired) electrons. The van der Waals surface area contributed by atoms with Crippen LogP contribution >= 0.6 is 11.3 Å². The van der Waals surface area contributed by atoms with Gasteiger partial charge in [0.2, 0.25) is 5.13 Å². The van der Waals surface area contributed by atoms with Gasteiger partial charge in [-0.15, -0.1) is 10.2 Å². The molecule has 1 aromatic carbocycles. The maximum atomic E-state index is 12.4. The number of hydrogen-bond donors (Lipinski definition) is 1. The minimum Gasteiger partial charge on any atom is -0.280 e. The molecule has 0 fully saturated rings. The van der Waals surface area contributed by atoms with Gasteiger partial charge in [0.25, 0.3) is 6.43 Å². The molecule has 112 valence electrons. The van der Waals surface area contributed by atoms with E-state index in [4.69, 9.17) is 4.84 Å². The molecule has 21 heavy (non-hydrogen) atoms. The molecule has 0 saturated heterocycles. The zero-order valence-corrected chi connectivity index (χ0v) is 11.8. The number of benzene rings is 1. The molecule has 6 nitrogen and oxygen atoms in total. The number of carbonyl (C=O) groups excluding carboxylic acids is 1. The highest BCUT2D eigenvalue weighted by Gasteiger charge is 2.18. The molecule has 0 aliphatic rings. The smallest absolute Gasteiger partial charge is 0.280 e. The molecular weight excluding hydrogens is 302 g/mol. The molecule has 0 bridgehead atoms. The summed E-state index contributed by atoms with van der Waals surface area (Å²) >= 11 is 0.617. The molecule has 0 spiro atoms. The lowest BCUT2D eigenvalue weighted by Crippen LogP contribution is -2.33. The maximum Gasteiger partial charge on any atom is 0.347 e. The van der Waals surface area contributed by atoms with E-state index in [1.807, 2.05) is 30.3 Å². The van der Waals surface area contributed by atoms with Crippen molar-refractivity contribution in [2.75, 3.05) is 12.4 Å². The van der Waals surface area contributed by atoms with Gasteiger partial charge in [-0.05, 0) is 5.56 Å². The number of carbonyl (C=O) groups is 1. The van der Waals surface area contributed by atoms with Gasteiger partial charge in [-0.25, -0.2) is 13.6 Å². The molecule has 0 saturated carbocycles. The zero-order chi connectivity index (χ0) is 15.2. The first-order chi connectivity index (χ1) is 10.1. The minimum absolute atomic E-state index is 0.00888. The summed E-state index contributed by atoms with van der Waals surface area (Å²) in [4.78, 5) is 16.9. The van der Waals surface area contributed by atoms with E-state index in [-0.39, 0.29) is 11.7 Å². The van der Waals surface area contributed by atoms with Crippen LogP contribution in [-0.4, -0.2) is 28.4 Å². The summed E-state index contributed by atoms with van der Waals surface area (Å²) in [5.74, 6) is 0. The van der Waals surface area contributed by atoms with Crippen LogP contribution in [0, 0.1) is 0 Å². The lowest BCUT2D eigenvalue weighted by Gasteiger charge is -2.19. The third kappa shape index (κ3) is 4.17. The Hall–Kier alpha value is -2.13. The minimum atomic E-state index is -2.71. The molecule has 1 N–H and O–H groups in total. The summed E-state index contributed by atoms with van der Waals surface area (Å²) in [5.41, 5.74) is 0.861. The number of anilines is 1. The van der Waals surface area contributed by atoms with Crippen LogP contribution in [0.2, 0.25) is 0 Å². The van der Waals surface area contributed by atoms with Gasteiger partial charge < -0.3 is 0 Å². The molecule has 0 unspecified atom stereocenters. The average molecular weight is 314 g/mol. The van der Waals surface area contributed by atoms with Crippen molar-refractivity contribution in [3.8, 4) is 0 Å². The topological polar surface area (TPSA) is 67.3 Å². The SMILES string of the molecule is CON(Cc1ccccc1)C(=O)Nc1nnc(C(F)F)s1. The Morgan fingerprint density at radius 3 is 2.67 bits per heavy atom. The van der Waals surface area contributed by atoms with Crippen molar-refractivity contribution in [2.45, 2.75) is 13.0 Å². The fraction of sp³-hybridized carbons (Fsp3) is 0.250. The number of hydrogen-bond acceptors (Lipinski definition) is 5. The maximum absolute atomic E-state index is 12.4. The van der Waals surface area contributed by atoms with Crippen molar-refractivity contribution in [3.63, 3.8) is 0 Å². The lowest BCUT2D eigenvalue weighted by atomic mass is 10.2.